The fourth-order valence-electron chi connectivity index (χ4n) is 3.48. The van der Waals surface area contributed by atoms with Crippen molar-refractivity contribution in [3.05, 3.63) is 53.0 Å². The Morgan fingerprint density at radius 3 is 2.76 bits per heavy atom. The van der Waals surface area contributed by atoms with Crippen molar-refractivity contribution in [1.29, 1.82) is 0 Å². The van der Waals surface area contributed by atoms with E-state index in [-0.39, 0.29) is 17.8 Å². The van der Waals surface area contributed by atoms with Gasteiger partial charge in [0.05, 0.1) is 12.3 Å². The van der Waals surface area contributed by atoms with Gasteiger partial charge in [-0.3, -0.25) is 4.98 Å². The van der Waals surface area contributed by atoms with E-state index in [1.165, 1.54) is 6.07 Å². The van der Waals surface area contributed by atoms with E-state index in [1.807, 2.05) is 12.1 Å². The number of nitrogens with zero attached hydrogens (tertiary/aromatic N) is 4. The first-order valence-electron chi connectivity index (χ1n) is 9.65. The van der Waals surface area contributed by atoms with E-state index >= 15 is 0 Å². The highest BCUT2D eigenvalue weighted by atomic mass is 32.1. The number of rotatable bonds is 9. The van der Waals surface area contributed by atoms with Crippen LogP contribution >= 0.6 is 11.3 Å². The van der Waals surface area contributed by atoms with Crippen molar-refractivity contribution in [2.75, 3.05) is 25.0 Å². The van der Waals surface area contributed by atoms with E-state index in [1.54, 1.807) is 29.8 Å². The Morgan fingerprint density at radius 2 is 2.07 bits per heavy atom. The Labute approximate surface area is 172 Å². The minimum absolute atomic E-state index is 0.111. The third-order valence-corrected chi connectivity index (χ3v) is 6.22. The van der Waals surface area contributed by atoms with E-state index in [9.17, 15) is 4.39 Å². The van der Waals surface area contributed by atoms with Crippen LogP contribution in [0.1, 0.15) is 29.8 Å². The summed E-state index contributed by atoms with van der Waals surface area (Å²) in [6, 6.07) is 6.84. The van der Waals surface area contributed by atoms with Gasteiger partial charge < -0.3 is 15.7 Å². The molecule has 0 atom stereocenters. The van der Waals surface area contributed by atoms with Gasteiger partial charge in [0, 0.05) is 42.3 Å². The van der Waals surface area contributed by atoms with Crippen molar-refractivity contribution in [2.45, 2.75) is 31.2 Å². The van der Waals surface area contributed by atoms with Gasteiger partial charge in [0.15, 0.2) is 0 Å². The third kappa shape index (κ3) is 4.42. The number of halogens is 1. The molecule has 0 radical (unpaired) electrons. The lowest BCUT2D eigenvalue weighted by molar-refractivity contribution is 0.243. The summed E-state index contributed by atoms with van der Waals surface area (Å²) in [6.07, 6.45) is 6.34. The summed E-state index contributed by atoms with van der Waals surface area (Å²) in [5.41, 5.74) is 0.967. The van der Waals surface area contributed by atoms with Crippen LogP contribution in [0.3, 0.4) is 0 Å². The van der Waals surface area contributed by atoms with Crippen LogP contribution in [0.2, 0.25) is 0 Å². The molecule has 3 aromatic heterocycles. The van der Waals surface area contributed by atoms with Gasteiger partial charge in [-0.15, -0.1) is 21.5 Å². The Hall–Kier alpha value is -2.49. The Morgan fingerprint density at radius 1 is 1.17 bits per heavy atom. The highest BCUT2D eigenvalue weighted by Gasteiger charge is 2.41. The van der Waals surface area contributed by atoms with Gasteiger partial charge in [0.25, 0.3) is 0 Å². The summed E-state index contributed by atoms with van der Waals surface area (Å²) in [4.78, 5) is 9.76. The van der Waals surface area contributed by atoms with E-state index < -0.39 is 0 Å². The molecule has 152 valence electrons. The van der Waals surface area contributed by atoms with Crippen LogP contribution in [-0.2, 0) is 12.0 Å². The maximum atomic E-state index is 14.2. The Bertz CT molecular complexity index is 944. The van der Waals surface area contributed by atoms with Crippen LogP contribution in [0.5, 0.6) is 0 Å². The number of aliphatic hydroxyl groups is 1. The van der Waals surface area contributed by atoms with Gasteiger partial charge in [-0.05, 0) is 37.1 Å². The maximum Gasteiger partial charge on any atom is 0.148 e. The molecule has 0 unspecified atom stereocenters. The fraction of sp³-hybridized carbons (Fsp3) is 0.400. The predicted molar refractivity (Wildman–Crippen MR) is 110 cm³/mol. The molecule has 3 aromatic rings. The molecule has 7 nitrogen and oxygen atoms in total. The third-order valence-electron chi connectivity index (χ3n) is 5.20. The zero-order chi connectivity index (χ0) is 20.1. The van der Waals surface area contributed by atoms with Crippen molar-refractivity contribution in [3.8, 4) is 10.7 Å². The standard InChI is InChI=1S/C20H23FN6OS/c21-15-3-1-8-23-18(15)20(6-2-7-20)13-25-17-5-4-16(26-27-17)19-24-12-14(29-19)11-22-9-10-28/h1,3-5,8,12,22,28H,2,6-7,9-11,13H2,(H,25,27). The lowest BCUT2D eigenvalue weighted by atomic mass is 9.66. The second-order valence-electron chi connectivity index (χ2n) is 7.16. The van der Waals surface area contributed by atoms with E-state index in [0.29, 0.717) is 36.8 Å². The van der Waals surface area contributed by atoms with Crippen LogP contribution in [0.4, 0.5) is 10.2 Å². The summed E-state index contributed by atoms with van der Waals surface area (Å²) in [5.74, 6) is 0.404. The van der Waals surface area contributed by atoms with Crippen LogP contribution in [-0.4, -0.2) is 45.0 Å². The Balaban J connectivity index is 1.39. The average Bonchev–Trinajstić information content (AvgIpc) is 3.18. The lowest BCUT2D eigenvalue weighted by Gasteiger charge is -2.41. The molecule has 3 heterocycles. The molecule has 1 aliphatic carbocycles. The van der Waals surface area contributed by atoms with Gasteiger partial charge in [-0.2, -0.15) is 0 Å². The van der Waals surface area contributed by atoms with Crippen molar-refractivity contribution < 1.29 is 9.50 Å². The predicted octanol–water partition coefficient (Wildman–Crippen LogP) is 2.75. The number of thiazole rings is 1. The van der Waals surface area contributed by atoms with Crippen LogP contribution in [0.25, 0.3) is 10.7 Å². The molecular weight excluding hydrogens is 391 g/mol. The number of aromatic nitrogens is 4. The Kier molecular flexibility index (Phi) is 6.08. The molecule has 1 aliphatic rings. The minimum Gasteiger partial charge on any atom is -0.395 e. The number of anilines is 1. The van der Waals surface area contributed by atoms with Crippen molar-refractivity contribution in [1.82, 2.24) is 25.5 Å². The fourth-order valence-corrected chi connectivity index (χ4v) is 4.32. The number of hydrogen-bond acceptors (Lipinski definition) is 8. The minimum atomic E-state index is -0.280. The van der Waals surface area contributed by atoms with E-state index in [2.05, 4.69) is 30.8 Å². The first-order chi connectivity index (χ1) is 14.2. The monoisotopic (exact) mass is 414 g/mol. The second-order valence-corrected chi connectivity index (χ2v) is 8.27. The molecule has 29 heavy (non-hydrogen) atoms. The number of nitrogens with one attached hydrogen (secondary N) is 2. The summed E-state index contributed by atoms with van der Waals surface area (Å²) in [7, 11) is 0. The molecular formula is C20H23FN6OS. The van der Waals surface area contributed by atoms with Crippen LogP contribution < -0.4 is 10.6 Å². The van der Waals surface area contributed by atoms with E-state index in [4.69, 9.17) is 5.11 Å². The molecule has 1 fully saturated rings. The molecule has 0 aromatic carbocycles. The number of aliphatic hydroxyl groups excluding tert-OH is 1. The summed E-state index contributed by atoms with van der Waals surface area (Å²) < 4.78 is 14.2. The van der Waals surface area contributed by atoms with Crippen molar-refractivity contribution in [3.63, 3.8) is 0 Å². The van der Waals surface area contributed by atoms with Gasteiger partial charge in [0.2, 0.25) is 0 Å². The molecule has 1 saturated carbocycles. The molecule has 0 aliphatic heterocycles. The first kappa shape index (κ1) is 19.8. The SMILES string of the molecule is OCCNCc1cnc(-c2ccc(NCC3(c4ncccc4F)CCC3)nn2)s1. The normalized spacial score (nSPS) is 15.1. The topological polar surface area (TPSA) is 95.8 Å². The zero-order valence-corrected chi connectivity index (χ0v) is 16.8. The number of hydrogen-bond donors (Lipinski definition) is 3. The quantitative estimate of drug-likeness (QED) is 0.463. The van der Waals surface area contributed by atoms with Crippen LogP contribution in [0.15, 0.2) is 36.7 Å². The maximum absolute atomic E-state index is 14.2. The first-order valence-corrected chi connectivity index (χ1v) is 10.5. The molecule has 0 spiro atoms. The summed E-state index contributed by atoms with van der Waals surface area (Å²) >= 11 is 1.54. The molecule has 0 bridgehead atoms. The highest BCUT2D eigenvalue weighted by Crippen LogP contribution is 2.43. The van der Waals surface area contributed by atoms with Crippen molar-refractivity contribution in [2.24, 2.45) is 0 Å². The molecule has 9 heteroatoms. The second kappa shape index (κ2) is 8.89. The zero-order valence-electron chi connectivity index (χ0n) is 15.9. The van der Waals surface area contributed by atoms with Crippen LogP contribution in [0, 0.1) is 5.82 Å². The van der Waals surface area contributed by atoms with Gasteiger partial charge in [-0.25, -0.2) is 9.37 Å². The van der Waals surface area contributed by atoms with Gasteiger partial charge in [-0.1, -0.05) is 6.42 Å². The van der Waals surface area contributed by atoms with Gasteiger partial charge >= 0.3 is 0 Å². The highest BCUT2D eigenvalue weighted by molar-refractivity contribution is 7.14. The summed E-state index contributed by atoms with van der Waals surface area (Å²) in [5, 5.41) is 24.6. The molecule has 0 saturated heterocycles. The van der Waals surface area contributed by atoms with Crippen molar-refractivity contribution >= 4 is 17.2 Å². The average molecular weight is 415 g/mol. The number of pyridine rings is 1. The molecule has 3 N–H and O–H groups in total. The molecule has 0 amide bonds. The molecule has 4 rings (SSSR count). The largest absolute Gasteiger partial charge is 0.395 e. The van der Waals surface area contributed by atoms with E-state index in [0.717, 1.165) is 29.1 Å². The summed E-state index contributed by atoms with van der Waals surface area (Å²) in [6.45, 7) is 1.90. The smallest absolute Gasteiger partial charge is 0.148 e. The van der Waals surface area contributed by atoms with Gasteiger partial charge in [0.1, 0.15) is 22.3 Å². The lowest BCUT2D eigenvalue weighted by Crippen LogP contribution is -2.42.